The lowest BCUT2D eigenvalue weighted by Crippen LogP contribution is -2.46. The smallest absolute Gasteiger partial charge is 0.140 e. The fraction of sp³-hybridized carbons (Fsp3) is 0.625. The van der Waals surface area contributed by atoms with Crippen molar-refractivity contribution < 1.29 is 4.74 Å². The third kappa shape index (κ3) is 3.72. The Bertz CT molecular complexity index is 691. The minimum atomic E-state index is 0.764. The molecule has 0 amide bonds. The second-order valence-electron chi connectivity index (χ2n) is 6.40. The van der Waals surface area contributed by atoms with Crippen molar-refractivity contribution in [1.29, 1.82) is 0 Å². The van der Waals surface area contributed by atoms with Crippen LogP contribution in [-0.2, 0) is 18.3 Å². The molecule has 0 bridgehead atoms. The van der Waals surface area contributed by atoms with Crippen LogP contribution in [0, 0.1) is 0 Å². The highest BCUT2D eigenvalue weighted by Crippen LogP contribution is 2.20. The molecule has 0 aliphatic carbocycles. The number of aryl methyl sites for hydroxylation is 1. The topological polar surface area (TPSA) is 75.4 Å². The Labute approximate surface area is 147 Å². The average Bonchev–Trinajstić information content (AvgIpc) is 3.08. The number of piperazine rings is 1. The summed E-state index contributed by atoms with van der Waals surface area (Å²) < 4.78 is 7.26. The van der Waals surface area contributed by atoms with E-state index in [0.29, 0.717) is 0 Å². The van der Waals surface area contributed by atoms with Crippen LogP contribution in [0.3, 0.4) is 0 Å². The molecule has 0 saturated carbocycles. The third-order valence-electron chi connectivity index (χ3n) is 4.84. The molecule has 9 nitrogen and oxygen atoms in total. The van der Waals surface area contributed by atoms with Crippen LogP contribution in [0.4, 0.5) is 11.6 Å². The molecule has 0 unspecified atom stereocenters. The Kier molecular flexibility index (Phi) is 4.75. The lowest BCUT2D eigenvalue weighted by molar-refractivity contribution is 0.122. The molecule has 2 fully saturated rings. The van der Waals surface area contributed by atoms with Crippen molar-refractivity contribution in [3.8, 4) is 0 Å². The molecular weight excluding hydrogens is 320 g/mol. The molecular formula is C16H24N8O. The van der Waals surface area contributed by atoms with Crippen LogP contribution in [-0.4, -0.2) is 82.1 Å². The van der Waals surface area contributed by atoms with Gasteiger partial charge in [0.05, 0.1) is 19.8 Å². The van der Waals surface area contributed by atoms with E-state index in [2.05, 4.69) is 40.8 Å². The summed E-state index contributed by atoms with van der Waals surface area (Å²) >= 11 is 0. The van der Waals surface area contributed by atoms with Crippen LogP contribution < -0.4 is 9.80 Å². The highest BCUT2D eigenvalue weighted by Gasteiger charge is 2.21. The third-order valence-corrected chi connectivity index (χ3v) is 4.84. The normalized spacial score (nSPS) is 19.4. The largest absolute Gasteiger partial charge is 0.378 e. The molecule has 0 spiro atoms. The molecule has 134 valence electrons. The van der Waals surface area contributed by atoms with Gasteiger partial charge in [-0.05, 0) is 0 Å². The van der Waals surface area contributed by atoms with Gasteiger partial charge in [0.2, 0.25) is 0 Å². The fourth-order valence-electron chi connectivity index (χ4n) is 3.27. The van der Waals surface area contributed by atoms with Crippen LogP contribution in [0.25, 0.3) is 0 Å². The van der Waals surface area contributed by atoms with Gasteiger partial charge in [0.15, 0.2) is 0 Å². The van der Waals surface area contributed by atoms with Crippen molar-refractivity contribution in [1.82, 2.24) is 29.6 Å². The van der Waals surface area contributed by atoms with E-state index in [4.69, 9.17) is 4.74 Å². The van der Waals surface area contributed by atoms with E-state index in [1.807, 2.05) is 11.7 Å². The Morgan fingerprint density at radius 3 is 2.20 bits per heavy atom. The number of hydrogen-bond acceptors (Lipinski definition) is 8. The van der Waals surface area contributed by atoms with Crippen molar-refractivity contribution in [3.63, 3.8) is 0 Å². The first-order chi connectivity index (χ1) is 12.3. The van der Waals surface area contributed by atoms with E-state index in [0.717, 1.165) is 76.5 Å². The second kappa shape index (κ2) is 7.32. The van der Waals surface area contributed by atoms with Crippen molar-refractivity contribution in [3.05, 3.63) is 24.5 Å². The molecule has 9 heteroatoms. The van der Waals surface area contributed by atoms with Gasteiger partial charge in [-0.25, -0.2) is 15.0 Å². The predicted molar refractivity (Wildman–Crippen MR) is 93.6 cm³/mol. The summed E-state index contributed by atoms with van der Waals surface area (Å²) in [5.41, 5.74) is 0. The van der Waals surface area contributed by atoms with Crippen molar-refractivity contribution in [2.75, 3.05) is 62.3 Å². The average molecular weight is 344 g/mol. The SMILES string of the molecule is Cn1ncnc1CN1CCN(c2cc(N3CCOCC3)ncn2)CC1. The number of morpholine rings is 1. The summed E-state index contributed by atoms with van der Waals surface area (Å²) in [4.78, 5) is 20.2. The molecule has 25 heavy (non-hydrogen) atoms. The summed E-state index contributed by atoms with van der Waals surface area (Å²) in [6, 6.07) is 2.10. The first-order valence-corrected chi connectivity index (χ1v) is 8.74. The predicted octanol–water partition coefficient (Wildman–Crippen LogP) is -0.236. The monoisotopic (exact) mass is 344 g/mol. The molecule has 2 aromatic heterocycles. The lowest BCUT2D eigenvalue weighted by Gasteiger charge is -2.35. The zero-order valence-electron chi connectivity index (χ0n) is 14.6. The van der Waals surface area contributed by atoms with Crippen LogP contribution >= 0.6 is 0 Å². The Hall–Kier alpha value is -2.26. The quantitative estimate of drug-likeness (QED) is 0.753. The van der Waals surface area contributed by atoms with E-state index < -0.39 is 0 Å². The maximum Gasteiger partial charge on any atom is 0.140 e. The van der Waals surface area contributed by atoms with Crippen LogP contribution in [0.1, 0.15) is 5.82 Å². The van der Waals surface area contributed by atoms with Crippen molar-refractivity contribution in [2.45, 2.75) is 6.54 Å². The number of nitrogens with zero attached hydrogens (tertiary/aromatic N) is 8. The van der Waals surface area contributed by atoms with Gasteiger partial charge in [0, 0.05) is 52.4 Å². The summed E-state index contributed by atoms with van der Waals surface area (Å²) in [5.74, 6) is 3.01. The van der Waals surface area contributed by atoms with Gasteiger partial charge >= 0.3 is 0 Å². The molecule has 0 N–H and O–H groups in total. The molecule has 2 aromatic rings. The van der Waals surface area contributed by atoms with E-state index in [1.54, 1.807) is 12.7 Å². The first-order valence-electron chi connectivity index (χ1n) is 8.74. The van der Waals surface area contributed by atoms with Gasteiger partial charge in [-0.3, -0.25) is 9.58 Å². The van der Waals surface area contributed by atoms with E-state index in [-0.39, 0.29) is 0 Å². The second-order valence-corrected chi connectivity index (χ2v) is 6.40. The summed E-state index contributed by atoms with van der Waals surface area (Å²) in [5, 5.41) is 4.14. The maximum atomic E-state index is 5.42. The molecule has 4 rings (SSSR count). The number of rotatable bonds is 4. The number of ether oxygens (including phenoxy) is 1. The van der Waals surface area contributed by atoms with E-state index in [1.165, 1.54) is 0 Å². The number of anilines is 2. The summed E-state index contributed by atoms with van der Waals surface area (Å²) in [7, 11) is 1.94. The first kappa shape index (κ1) is 16.2. The van der Waals surface area contributed by atoms with Crippen molar-refractivity contribution in [2.24, 2.45) is 7.05 Å². The molecule has 0 atom stereocenters. The molecule has 2 aliphatic rings. The molecule has 2 aliphatic heterocycles. The number of hydrogen-bond donors (Lipinski definition) is 0. The Morgan fingerprint density at radius 1 is 0.880 bits per heavy atom. The Morgan fingerprint density at radius 2 is 1.56 bits per heavy atom. The lowest BCUT2D eigenvalue weighted by atomic mass is 10.3. The maximum absolute atomic E-state index is 5.42. The van der Waals surface area contributed by atoms with Gasteiger partial charge in [-0.2, -0.15) is 5.10 Å². The minimum absolute atomic E-state index is 0.764. The zero-order valence-corrected chi connectivity index (χ0v) is 14.6. The highest BCUT2D eigenvalue weighted by atomic mass is 16.5. The molecule has 2 saturated heterocycles. The number of aromatic nitrogens is 5. The minimum Gasteiger partial charge on any atom is -0.378 e. The van der Waals surface area contributed by atoms with Gasteiger partial charge in [-0.1, -0.05) is 0 Å². The van der Waals surface area contributed by atoms with Gasteiger partial charge in [-0.15, -0.1) is 0 Å². The van der Waals surface area contributed by atoms with E-state index in [9.17, 15) is 0 Å². The standard InChI is InChI=1S/C16H24N8O/c1-21-16(19-13-20-21)11-22-2-4-23(5-3-22)14-10-15(18-12-17-14)24-6-8-25-9-7-24/h10,12-13H,2-9,11H2,1H3. The van der Waals surface area contributed by atoms with Gasteiger partial charge in [0.25, 0.3) is 0 Å². The Balaban J connectivity index is 1.36. The molecule has 4 heterocycles. The van der Waals surface area contributed by atoms with Crippen molar-refractivity contribution >= 4 is 11.6 Å². The fourth-order valence-corrected chi connectivity index (χ4v) is 3.27. The summed E-state index contributed by atoms with van der Waals surface area (Å²) in [6.45, 7) is 8.04. The van der Waals surface area contributed by atoms with E-state index >= 15 is 0 Å². The molecule has 0 aromatic carbocycles. The van der Waals surface area contributed by atoms with Gasteiger partial charge in [0.1, 0.15) is 30.1 Å². The molecule has 0 radical (unpaired) electrons. The van der Waals surface area contributed by atoms with Crippen LogP contribution in [0.2, 0.25) is 0 Å². The van der Waals surface area contributed by atoms with Gasteiger partial charge < -0.3 is 14.5 Å². The summed E-state index contributed by atoms with van der Waals surface area (Å²) in [6.07, 6.45) is 3.28. The highest BCUT2D eigenvalue weighted by molar-refractivity contribution is 5.50. The van der Waals surface area contributed by atoms with Crippen LogP contribution in [0.15, 0.2) is 18.7 Å². The zero-order chi connectivity index (χ0) is 17.1. The van der Waals surface area contributed by atoms with Crippen LogP contribution in [0.5, 0.6) is 0 Å².